The second-order valence-corrected chi connectivity index (χ2v) is 2.65. The first kappa shape index (κ1) is 8.77. The largest absolute Gasteiger partial charge is 0.340 e. The van der Waals surface area contributed by atoms with Crippen molar-refractivity contribution in [1.82, 2.24) is 14.7 Å². The van der Waals surface area contributed by atoms with E-state index in [9.17, 15) is 4.79 Å². The number of aromatic nitrogens is 2. The van der Waals surface area contributed by atoms with Crippen LogP contribution >= 0.6 is 0 Å². The number of rotatable bonds is 4. The number of carbonyl (C=O) groups excluding carboxylic acids is 1. The molecular weight excluding hydrogens is 154 g/mol. The van der Waals surface area contributed by atoms with Crippen LogP contribution in [0.3, 0.4) is 0 Å². The second-order valence-electron chi connectivity index (χ2n) is 2.65. The molecule has 1 amide bonds. The van der Waals surface area contributed by atoms with Gasteiger partial charge in [-0.2, -0.15) is 5.10 Å². The summed E-state index contributed by atoms with van der Waals surface area (Å²) in [6.45, 7) is 3.26. The highest BCUT2D eigenvalue weighted by molar-refractivity contribution is 5.46. The molecular formula is C8H13N3O. The van der Waals surface area contributed by atoms with Crippen molar-refractivity contribution in [3.63, 3.8) is 0 Å². The molecule has 66 valence electrons. The molecule has 0 aliphatic heterocycles. The fourth-order valence-electron chi connectivity index (χ4n) is 0.979. The maximum Gasteiger partial charge on any atom is 0.210 e. The van der Waals surface area contributed by atoms with Gasteiger partial charge < -0.3 is 4.90 Å². The topological polar surface area (TPSA) is 38.1 Å². The molecule has 1 aromatic heterocycles. The summed E-state index contributed by atoms with van der Waals surface area (Å²) in [6, 6.07) is 1.91. The van der Waals surface area contributed by atoms with Gasteiger partial charge in [0, 0.05) is 19.8 Å². The molecule has 0 aliphatic rings. The summed E-state index contributed by atoms with van der Waals surface area (Å²) < 4.78 is 1.73. The van der Waals surface area contributed by atoms with Gasteiger partial charge >= 0.3 is 0 Å². The third-order valence-electron chi connectivity index (χ3n) is 1.69. The lowest BCUT2D eigenvalue weighted by Crippen LogP contribution is -2.20. The van der Waals surface area contributed by atoms with Crippen LogP contribution in [0.5, 0.6) is 0 Å². The Labute approximate surface area is 71.8 Å². The fraction of sp³-hybridized carbons (Fsp3) is 0.500. The van der Waals surface area contributed by atoms with E-state index in [4.69, 9.17) is 0 Å². The van der Waals surface area contributed by atoms with Gasteiger partial charge in [-0.05, 0) is 13.0 Å². The molecule has 0 aromatic carbocycles. The van der Waals surface area contributed by atoms with E-state index in [0.29, 0.717) is 6.54 Å². The minimum Gasteiger partial charge on any atom is -0.340 e. The first-order valence-electron chi connectivity index (χ1n) is 3.94. The Morgan fingerprint density at radius 3 is 2.92 bits per heavy atom. The molecule has 0 atom stereocenters. The second kappa shape index (κ2) is 3.90. The summed E-state index contributed by atoms with van der Waals surface area (Å²) in [5, 5.41) is 4.16. The Hall–Kier alpha value is -1.32. The Morgan fingerprint density at radius 1 is 1.75 bits per heavy atom. The highest BCUT2D eigenvalue weighted by Gasteiger charge is 2.01. The van der Waals surface area contributed by atoms with Crippen LogP contribution in [0.2, 0.25) is 0 Å². The molecule has 1 rings (SSSR count). The van der Waals surface area contributed by atoms with E-state index in [1.54, 1.807) is 9.58 Å². The van der Waals surface area contributed by atoms with Gasteiger partial charge in [-0.1, -0.05) is 0 Å². The van der Waals surface area contributed by atoms with E-state index >= 15 is 0 Å². The monoisotopic (exact) mass is 167 g/mol. The van der Waals surface area contributed by atoms with Gasteiger partial charge in [0.2, 0.25) is 6.41 Å². The predicted octanol–water partition coefficient (Wildman–Crippen LogP) is 0.398. The first-order chi connectivity index (χ1) is 5.76. The lowest BCUT2D eigenvalue weighted by atomic mass is 10.4. The first-order valence-corrected chi connectivity index (χ1v) is 3.94. The van der Waals surface area contributed by atoms with Crippen molar-refractivity contribution in [3.05, 3.63) is 18.0 Å². The van der Waals surface area contributed by atoms with Crippen LogP contribution in [0.25, 0.3) is 0 Å². The third-order valence-corrected chi connectivity index (χ3v) is 1.69. The minimum atomic E-state index is 0.598. The highest BCUT2D eigenvalue weighted by Crippen LogP contribution is 1.98. The summed E-state index contributed by atoms with van der Waals surface area (Å²) in [5.74, 6) is 0. The van der Waals surface area contributed by atoms with Crippen LogP contribution in [0.4, 0.5) is 0 Å². The fourth-order valence-corrected chi connectivity index (χ4v) is 0.979. The van der Waals surface area contributed by atoms with Crippen molar-refractivity contribution in [3.8, 4) is 0 Å². The van der Waals surface area contributed by atoms with Gasteiger partial charge in [0.15, 0.2) is 0 Å². The minimum absolute atomic E-state index is 0.598. The zero-order valence-corrected chi connectivity index (χ0v) is 7.40. The molecule has 4 nitrogen and oxygen atoms in total. The average molecular weight is 167 g/mol. The lowest BCUT2D eigenvalue weighted by molar-refractivity contribution is -0.118. The molecule has 1 heterocycles. The highest BCUT2D eigenvalue weighted by atomic mass is 16.1. The molecule has 0 saturated carbocycles. The molecule has 0 saturated heterocycles. The maximum absolute atomic E-state index is 10.4. The van der Waals surface area contributed by atoms with Gasteiger partial charge in [-0.25, -0.2) is 0 Å². The van der Waals surface area contributed by atoms with Crippen LogP contribution in [0, 0.1) is 0 Å². The Morgan fingerprint density at radius 2 is 2.50 bits per heavy atom. The van der Waals surface area contributed by atoms with Crippen molar-refractivity contribution in [1.29, 1.82) is 0 Å². The smallest absolute Gasteiger partial charge is 0.210 e. The number of nitrogens with zero attached hydrogens (tertiary/aromatic N) is 3. The van der Waals surface area contributed by atoms with Gasteiger partial charge in [-0.15, -0.1) is 0 Å². The van der Waals surface area contributed by atoms with Crippen LogP contribution in [0.1, 0.15) is 12.6 Å². The van der Waals surface area contributed by atoms with Crippen LogP contribution in [-0.4, -0.2) is 27.6 Å². The zero-order valence-electron chi connectivity index (χ0n) is 7.40. The average Bonchev–Trinajstić information content (AvgIpc) is 2.47. The summed E-state index contributed by atoms with van der Waals surface area (Å²) in [5.41, 5.74) is 0.923. The summed E-state index contributed by atoms with van der Waals surface area (Å²) in [7, 11) is 1.86. The molecule has 0 aliphatic carbocycles. The van der Waals surface area contributed by atoms with E-state index in [0.717, 1.165) is 18.6 Å². The van der Waals surface area contributed by atoms with E-state index in [1.165, 1.54) is 0 Å². The normalized spacial score (nSPS) is 9.83. The number of hydrogen-bond acceptors (Lipinski definition) is 2. The number of carbonyl (C=O) groups is 1. The molecule has 12 heavy (non-hydrogen) atoms. The number of hydrogen-bond donors (Lipinski definition) is 0. The summed E-state index contributed by atoms with van der Waals surface area (Å²) >= 11 is 0. The van der Waals surface area contributed by atoms with Crippen molar-refractivity contribution in [2.75, 3.05) is 6.54 Å². The van der Waals surface area contributed by atoms with E-state index < -0.39 is 0 Å². The quantitative estimate of drug-likeness (QED) is 0.609. The third kappa shape index (κ3) is 2.08. The molecule has 0 unspecified atom stereocenters. The lowest BCUT2D eigenvalue weighted by Gasteiger charge is -2.11. The summed E-state index contributed by atoms with van der Waals surface area (Å²) in [4.78, 5) is 12.1. The van der Waals surface area contributed by atoms with Crippen LogP contribution in [-0.2, 0) is 18.4 Å². The van der Waals surface area contributed by atoms with Gasteiger partial charge in [0.1, 0.15) is 0 Å². The molecule has 0 N–H and O–H groups in total. The molecule has 0 radical (unpaired) electrons. The van der Waals surface area contributed by atoms with Crippen molar-refractivity contribution in [2.45, 2.75) is 13.5 Å². The number of amides is 1. The van der Waals surface area contributed by atoms with Crippen molar-refractivity contribution in [2.24, 2.45) is 7.05 Å². The number of aryl methyl sites for hydroxylation is 1. The van der Waals surface area contributed by atoms with Crippen molar-refractivity contribution < 1.29 is 4.79 Å². The Kier molecular flexibility index (Phi) is 2.85. The zero-order chi connectivity index (χ0) is 8.97. The molecule has 0 spiro atoms. The van der Waals surface area contributed by atoms with Gasteiger partial charge in [0.25, 0.3) is 0 Å². The predicted molar refractivity (Wildman–Crippen MR) is 45.4 cm³/mol. The summed E-state index contributed by atoms with van der Waals surface area (Å²) in [6.07, 6.45) is 2.71. The van der Waals surface area contributed by atoms with E-state index in [2.05, 4.69) is 5.10 Å². The standard InChI is InChI=1S/C8H13N3O/c1-3-11(7-12)6-8-4-5-10(2)9-8/h4-5,7H,3,6H2,1-2H3. The van der Waals surface area contributed by atoms with Crippen molar-refractivity contribution >= 4 is 6.41 Å². The molecule has 0 bridgehead atoms. The van der Waals surface area contributed by atoms with E-state index in [1.807, 2.05) is 26.2 Å². The molecule has 4 heteroatoms. The SMILES string of the molecule is CCN(C=O)Cc1ccn(C)n1. The van der Waals surface area contributed by atoms with Gasteiger partial charge in [-0.3, -0.25) is 9.48 Å². The van der Waals surface area contributed by atoms with Crippen LogP contribution in [0.15, 0.2) is 12.3 Å². The molecule has 0 fully saturated rings. The Bertz CT molecular complexity index is 257. The Balaban J connectivity index is 2.56. The van der Waals surface area contributed by atoms with Gasteiger partial charge in [0.05, 0.1) is 12.2 Å². The maximum atomic E-state index is 10.4. The van der Waals surface area contributed by atoms with E-state index in [-0.39, 0.29) is 0 Å². The van der Waals surface area contributed by atoms with Crippen LogP contribution < -0.4 is 0 Å². The molecule has 1 aromatic rings.